The van der Waals surface area contributed by atoms with Gasteiger partial charge in [-0.2, -0.15) is 0 Å². The smallest absolute Gasteiger partial charge is 0.389 e. The predicted molar refractivity (Wildman–Crippen MR) is 63.4 cm³/mol. The van der Waals surface area contributed by atoms with Gasteiger partial charge < -0.3 is 42.5 Å². The van der Waals surface area contributed by atoms with Gasteiger partial charge in [-0.25, -0.2) is 4.57 Å². The number of thioether (sulfide) groups is 1. The summed E-state index contributed by atoms with van der Waals surface area (Å²) in [5.74, 6) is 0. The van der Waals surface area contributed by atoms with Gasteiger partial charge >= 0.3 is 7.82 Å². The standard InChI is InChI=1S/C6H13O8PS.2H3N/c7-3-2(1-14-15(11,12)13)16-6(10)5(9)4(3)8;;/h2-10H,1H2,(H2,11,12,13);2*1H3. The Morgan fingerprint density at radius 1 is 1.00 bits per heavy atom. The third-order valence-electron chi connectivity index (χ3n) is 2.09. The molecule has 1 aliphatic heterocycles. The van der Waals surface area contributed by atoms with Crippen LogP contribution in [0.15, 0.2) is 0 Å². The van der Waals surface area contributed by atoms with E-state index in [9.17, 15) is 25.0 Å². The molecule has 5 atom stereocenters. The molecule has 0 radical (unpaired) electrons. The fourth-order valence-electron chi connectivity index (χ4n) is 1.24. The van der Waals surface area contributed by atoms with Crippen LogP contribution >= 0.6 is 19.6 Å². The summed E-state index contributed by atoms with van der Waals surface area (Å²) in [6.45, 7) is -0.545. The highest BCUT2D eigenvalue weighted by atomic mass is 32.2. The molecule has 1 fully saturated rings. The van der Waals surface area contributed by atoms with Gasteiger partial charge in [-0.15, -0.1) is 11.8 Å². The van der Waals surface area contributed by atoms with Gasteiger partial charge in [-0.1, -0.05) is 0 Å². The minimum Gasteiger partial charge on any atom is -0.389 e. The molecule has 0 aromatic carbocycles. The Kier molecular flexibility index (Phi) is 8.81. The van der Waals surface area contributed by atoms with Crippen LogP contribution in [0.5, 0.6) is 0 Å². The van der Waals surface area contributed by atoms with E-state index in [0.717, 1.165) is 0 Å². The highest BCUT2D eigenvalue weighted by molar-refractivity contribution is 8.00. The number of phosphoric ester groups is 1. The topological polar surface area (TPSA) is 218 Å². The zero-order valence-electron chi connectivity index (χ0n) is 9.36. The van der Waals surface area contributed by atoms with Crippen molar-refractivity contribution in [3.05, 3.63) is 0 Å². The van der Waals surface area contributed by atoms with Gasteiger partial charge in [0, 0.05) is 0 Å². The van der Waals surface area contributed by atoms with E-state index in [-0.39, 0.29) is 12.3 Å². The molecule has 0 saturated carbocycles. The first-order chi connectivity index (χ1) is 7.22. The van der Waals surface area contributed by atoms with Gasteiger partial charge in [-0.3, -0.25) is 4.52 Å². The fraction of sp³-hybridized carbons (Fsp3) is 1.00. The first-order valence-corrected chi connectivity index (χ1v) is 6.77. The van der Waals surface area contributed by atoms with Crippen molar-refractivity contribution in [2.75, 3.05) is 6.61 Å². The third-order valence-corrected chi connectivity index (χ3v) is 3.90. The van der Waals surface area contributed by atoms with Gasteiger partial charge in [-0.05, 0) is 0 Å². The Hall–Kier alpha value is 0.220. The number of aliphatic hydroxyl groups excluding tert-OH is 4. The summed E-state index contributed by atoms with van der Waals surface area (Å²) < 4.78 is 14.6. The normalized spacial score (nSPS) is 36.4. The number of rotatable bonds is 3. The van der Waals surface area contributed by atoms with E-state index in [4.69, 9.17) is 9.79 Å². The molecule has 1 aliphatic rings. The molecule has 0 aromatic rings. The van der Waals surface area contributed by atoms with E-state index in [1.54, 1.807) is 0 Å². The molecular formula is C6H19N2O8PS. The lowest BCUT2D eigenvalue weighted by Gasteiger charge is -2.37. The van der Waals surface area contributed by atoms with Crippen molar-refractivity contribution >= 4 is 19.6 Å². The summed E-state index contributed by atoms with van der Waals surface area (Å²) in [4.78, 5) is 16.9. The molecule has 10 nitrogen and oxygen atoms in total. The number of phosphoric acid groups is 1. The van der Waals surface area contributed by atoms with Crippen LogP contribution < -0.4 is 12.3 Å². The third kappa shape index (κ3) is 5.47. The van der Waals surface area contributed by atoms with Gasteiger partial charge in [0.2, 0.25) is 0 Å². The number of aliphatic hydroxyl groups is 4. The van der Waals surface area contributed by atoms with Crippen molar-refractivity contribution in [2.45, 2.75) is 29.0 Å². The van der Waals surface area contributed by atoms with Crippen molar-refractivity contribution in [1.29, 1.82) is 0 Å². The summed E-state index contributed by atoms with van der Waals surface area (Å²) in [7, 11) is -4.66. The maximum Gasteiger partial charge on any atom is 0.469 e. The minimum atomic E-state index is -4.66. The lowest BCUT2D eigenvalue weighted by Crippen LogP contribution is -2.54. The van der Waals surface area contributed by atoms with Gasteiger partial charge in [0.05, 0.1) is 18.0 Å². The lowest BCUT2D eigenvalue weighted by molar-refractivity contribution is -0.0951. The van der Waals surface area contributed by atoms with Crippen molar-refractivity contribution < 1.29 is 39.3 Å². The second-order valence-electron chi connectivity index (χ2n) is 3.32. The summed E-state index contributed by atoms with van der Waals surface area (Å²) in [5, 5.41) is 36.3. The molecule has 12 heteroatoms. The predicted octanol–water partition coefficient (Wildman–Crippen LogP) is -2.06. The zero-order chi connectivity index (χ0) is 12.5. The summed E-state index contributed by atoms with van der Waals surface area (Å²) in [6.07, 6.45) is -4.53. The van der Waals surface area contributed by atoms with Crippen LogP contribution in [0.2, 0.25) is 0 Å². The van der Waals surface area contributed by atoms with Crippen LogP contribution in [-0.4, -0.2) is 65.8 Å². The van der Waals surface area contributed by atoms with Crippen LogP contribution in [0.3, 0.4) is 0 Å². The van der Waals surface area contributed by atoms with E-state index >= 15 is 0 Å². The maximum absolute atomic E-state index is 10.4. The van der Waals surface area contributed by atoms with Crippen molar-refractivity contribution in [3.8, 4) is 0 Å². The van der Waals surface area contributed by atoms with Crippen LogP contribution in [0, 0.1) is 0 Å². The first kappa shape index (κ1) is 20.5. The van der Waals surface area contributed by atoms with Crippen LogP contribution in [0.4, 0.5) is 0 Å². The van der Waals surface area contributed by atoms with Crippen LogP contribution in [0.25, 0.3) is 0 Å². The quantitative estimate of drug-likeness (QED) is 0.265. The largest absolute Gasteiger partial charge is 0.469 e. The van der Waals surface area contributed by atoms with E-state index in [2.05, 4.69) is 4.52 Å². The average molecular weight is 310 g/mol. The molecule has 0 amide bonds. The Balaban J connectivity index is 0. The molecule has 1 saturated heterocycles. The van der Waals surface area contributed by atoms with Crippen molar-refractivity contribution in [2.24, 2.45) is 0 Å². The van der Waals surface area contributed by atoms with Gasteiger partial charge in [0.1, 0.15) is 17.6 Å². The molecule has 1 rings (SSSR count). The highest BCUT2D eigenvalue weighted by Gasteiger charge is 2.43. The number of hydrogen-bond donors (Lipinski definition) is 8. The summed E-state index contributed by atoms with van der Waals surface area (Å²) in [5.41, 5.74) is -1.34. The second-order valence-corrected chi connectivity index (χ2v) is 5.92. The van der Waals surface area contributed by atoms with Gasteiger partial charge in [0.15, 0.2) is 0 Å². The first-order valence-electron chi connectivity index (χ1n) is 4.30. The Morgan fingerprint density at radius 3 is 1.94 bits per heavy atom. The lowest BCUT2D eigenvalue weighted by atomic mass is 10.0. The van der Waals surface area contributed by atoms with Gasteiger partial charge in [0.25, 0.3) is 0 Å². The van der Waals surface area contributed by atoms with Crippen molar-refractivity contribution in [3.63, 3.8) is 0 Å². The molecule has 112 valence electrons. The highest BCUT2D eigenvalue weighted by Crippen LogP contribution is 2.39. The molecule has 0 spiro atoms. The molecule has 0 aromatic heterocycles. The SMILES string of the molecule is N.N.O=P(O)(O)OCC1SC(O)C(O)C(O)C1O. The Bertz CT molecular complexity index is 291. The molecule has 0 aliphatic carbocycles. The van der Waals surface area contributed by atoms with E-state index in [0.29, 0.717) is 11.8 Å². The fourth-order valence-corrected chi connectivity index (χ4v) is 2.84. The molecule has 0 bridgehead atoms. The van der Waals surface area contributed by atoms with Crippen molar-refractivity contribution in [1.82, 2.24) is 12.3 Å². The Labute approximate surface area is 107 Å². The Morgan fingerprint density at radius 2 is 1.50 bits per heavy atom. The van der Waals surface area contributed by atoms with Crippen LogP contribution in [0.1, 0.15) is 0 Å². The average Bonchev–Trinajstić information content (AvgIpc) is 2.17. The molecule has 5 unspecified atom stereocenters. The molecular weight excluding hydrogens is 291 g/mol. The minimum absolute atomic E-state index is 0. The molecule has 1 heterocycles. The van der Waals surface area contributed by atoms with E-state index in [1.807, 2.05) is 0 Å². The summed E-state index contributed by atoms with van der Waals surface area (Å²) in [6, 6.07) is 0. The van der Waals surface area contributed by atoms with E-state index in [1.165, 1.54) is 0 Å². The monoisotopic (exact) mass is 310 g/mol. The van der Waals surface area contributed by atoms with E-state index < -0.39 is 43.4 Å². The van der Waals surface area contributed by atoms with Crippen LogP contribution in [-0.2, 0) is 9.09 Å². The maximum atomic E-state index is 10.4. The molecule has 18 heavy (non-hydrogen) atoms. The second kappa shape index (κ2) is 7.72. The zero-order valence-corrected chi connectivity index (χ0v) is 11.1. The molecule has 12 N–H and O–H groups in total. The number of hydrogen-bond acceptors (Lipinski definition) is 9. The summed E-state index contributed by atoms with van der Waals surface area (Å²) >= 11 is 0.674.